The predicted molar refractivity (Wildman–Crippen MR) is 21.0 cm³/mol. The van der Waals surface area contributed by atoms with Gasteiger partial charge in [0.05, 0.1) is 0 Å². The molecule has 0 fully saturated rings. The molecule has 1 heteroatoms. The minimum absolute atomic E-state index is 0.144. The number of hydrogen-bond donors (Lipinski definition) is 0. The molecule has 1 rings (SSSR count). The van der Waals surface area contributed by atoms with Crippen LogP contribution in [-0.4, -0.2) is 25.1 Å². The molecule has 0 amide bonds. The van der Waals surface area contributed by atoms with Gasteiger partial charge in [-0.05, 0) is 0 Å². The van der Waals surface area contributed by atoms with E-state index in [9.17, 15) is 0 Å². The van der Waals surface area contributed by atoms with Gasteiger partial charge in [-0.2, -0.15) is 0 Å². The van der Waals surface area contributed by atoms with Gasteiger partial charge in [0.15, 0.2) is 0 Å². The van der Waals surface area contributed by atoms with Crippen molar-refractivity contribution < 1.29 is 1.37 Å². The fourth-order valence-corrected chi connectivity index (χ4v) is 0.500. The van der Waals surface area contributed by atoms with Gasteiger partial charge in [0.2, 0.25) is 0 Å². The summed E-state index contributed by atoms with van der Waals surface area (Å²) in [5.41, 5.74) is 0. The van der Waals surface area contributed by atoms with Crippen LogP contribution in [0.4, 0.5) is 0 Å². The molecular formula is C3H3Sb. The Bertz CT molecular complexity index is 93.1. The molecule has 0 unspecified atom stereocenters. The molecule has 1 aliphatic rings. The summed E-state index contributed by atoms with van der Waals surface area (Å²) in [7, 11) is 0. The summed E-state index contributed by atoms with van der Waals surface area (Å²) in [5, 5.41) is 0. The Balaban J connectivity index is 2.60. The van der Waals surface area contributed by atoms with Gasteiger partial charge in [0.1, 0.15) is 0 Å². The SMILES string of the molecule is [2H][C]1=[Sb][CH]=C1. The second-order valence-electron chi connectivity index (χ2n) is 0.574. The molecule has 0 atom stereocenters. The third-order valence-corrected chi connectivity index (χ3v) is 2.00. The first-order valence-corrected chi connectivity index (χ1v) is 3.85. The maximum atomic E-state index is 6.81. The van der Waals surface area contributed by atoms with Crippen molar-refractivity contribution in [3.05, 3.63) is 10.1 Å². The van der Waals surface area contributed by atoms with Gasteiger partial charge in [-0.15, -0.1) is 0 Å². The van der Waals surface area contributed by atoms with E-state index >= 15 is 0 Å². The normalized spacial score (nSPS) is 22.0. The topological polar surface area (TPSA) is 0 Å². The molecule has 0 aromatic heterocycles. The number of hydrogen-bond acceptors (Lipinski definition) is 0. The first-order valence-electron chi connectivity index (χ1n) is 1.60. The molecule has 20 valence electrons. The Morgan fingerprint density at radius 1 is 2.00 bits per heavy atom. The molecular weight excluding hydrogens is 158 g/mol. The molecule has 0 saturated carbocycles. The average molecular weight is 162 g/mol. The molecule has 0 aromatic rings. The van der Waals surface area contributed by atoms with E-state index in [-0.39, 0.29) is 21.1 Å². The molecule has 4 heavy (non-hydrogen) atoms. The van der Waals surface area contributed by atoms with Crippen LogP contribution in [0.5, 0.6) is 0 Å². The van der Waals surface area contributed by atoms with Gasteiger partial charge in [0.25, 0.3) is 0 Å². The van der Waals surface area contributed by atoms with Crippen molar-refractivity contribution in [3.8, 4) is 0 Å². The summed E-state index contributed by atoms with van der Waals surface area (Å²) in [5.74, 6) is 0. The van der Waals surface area contributed by atoms with E-state index in [1.807, 2.05) is 6.08 Å². The first kappa shape index (κ1) is 1.77. The molecule has 1 aliphatic heterocycles. The van der Waals surface area contributed by atoms with E-state index in [4.69, 9.17) is 1.37 Å². The Kier molecular flexibility index (Phi) is 0.455. The van der Waals surface area contributed by atoms with Crippen LogP contribution in [0.3, 0.4) is 0 Å². The summed E-state index contributed by atoms with van der Waals surface area (Å²) in [6.07, 6.45) is 1.87. The molecule has 0 saturated heterocycles. The Morgan fingerprint density at radius 3 is 2.50 bits per heavy atom. The van der Waals surface area contributed by atoms with Crippen LogP contribution in [-0.2, 0) is 0 Å². The second kappa shape index (κ2) is 1.03. The maximum absolute atomic E-state index is 6.81. The van der Waals surface area contributed by atoms with E-state index in [2.05, 4.69) is 4.02 Å². The zero-order valence-corrected chi connectivity index (χ0v) is 4.65. The zero-order valence-electron chi connectivity index (χ0n) is 3.10. The molecule has 0 aliphatic carbocycles. The summed E-state index contributed by atoms with van der Waals surface area (Å²) < 4.78 is 9.84. The third kappa shape index (κ3) is 0.253. The molecule has 0 nitrogen and oxygen atoms in total. The van der Waals surface area contributed by atoms with E-state index in [0.717, 1.165) is 3.93 Å². The van der Waals surface area contributed by atoms with E-state index < -0.39 is 0 Å². The van der Waals surface area contributed by atoms with Crippen molar-refractivity contribution in [1.82, 2.24) is 0 Å². The van der Waals surface area contributed by atoms with E-state index in [1.54, 1.807) is 0 Å². The van der Waals surface area contributed by atoms with Crippen molar-refractivity contribution in [3.63, 3.8) is 0 Å². The van der Waals surface area contributed by atoms with Gasteiger partial charge < -0.3 is 0 Å². The van der Waals surface area contributed by atoms with Gasteiger partial charge in [-0.3, -0.25) is 0 Å². The van der Waals surface area contributed by atoms with Crippen molar-refractivity contribution >= 4 is 25.1 Å². The summed E-state index contributed by atoms with van der Waals surface area (Å²) in [4.78, 5) is 0. The molecule has 0 aromatic carbocycles. The quantitative estimate of drug-likeness (QED) is 0.440. The van der Waals surface area contributed by atoms with Crippen LogP contribution in [0.2, 0.25) is 0 Å². The van der Waals surface area contributed by atoms with Crippen molar-refractivity contribution in [2.45, 2.75) is 0 Å². The average Bonchev–Trinajstić information content (AvgIpc) is 1.30. The van der Waals surface area contributed by atoms with E-state index in [1.165, 1.54) is 0 Å². The molecule has 1 heterocycles. The Labute approximate surface area is 36.9 Å². The number of rotatable bonds is 0. The zero-order chi connectivity index (χ0) is 3.70. The minimum atomic E-state index is -0.144. The fraction of sp³-hybridized carbons (Fsp3) is 0. The predicted octanol–water partition coefficient (Wildman–Crippen LogP) is 0.0201. The van der Waals surface area contributed by atoms with Gasteiger partial charge in [0, 0.05) is 0 Å². The van der Waals surface area contributed by atoms with Crippen molar-refractivity contribution in [1.29, 1.82) is 0 Å². The van der Waals surface area contributed by atoms with Crippen LogP contribution in [0.1, 0.15) is 1.37 Å². The monoisotopic (exact) mass is 161 g/mol. The molecule has 0 spiro atoms. The Hall–Kier alpha value is 0.428. The Morgan fingerprint density at radius 2 is 2.50 bits per heavy atom. The summed E-state index contributed by atoms with van der Waals surface area (Å²) in [6.45, 7) is 0. The molecule has 0 N–H and O–H groups in total. The van der Waals surface area contributed by atoms with Crippen LogP contribution in [0.25, 0.3) is 0 Å². The van der Waals surface area contributed by atoms with Crippen LogP contribution >= 0.6 is 0 Å². The van der Waals surface area contributed by atoms with Crippen LogP contribution < -0.4 is 0 Å². The third-order valence-electron chi connectivity index (χ3n) is 0.298. The van der Waals surface area contributed by atoms with Crippen LogP contribution in [0.15, 0.2) is 10.1 Å². The number of allylic oxidation sites excluding steroid dienone is 1. The summed E-state index contributed by atoms with van der Waals surface area (Å²) >= 11 is -0.144. The standard InChI is InChI=1S/C3H3.Sb/c1-3-2;/h1-3H;/i1D;. The van der Waals surface area contributed by atoms with Crippen molar-refractivity contribution in [2.75, 3.05) is 0 Å². The van der Waals surface area contributed by atoms with Gasteiger partial charge in [-0.1, -0.05) is 0 Å². The van der Waals surface area contributed by atoms with Gasteiger partial charge >= 0.3 is 36.5 Å². The summed E-state index contributed by atoms with van der Waals surface area (Å²) in [6, 6.07) is 0. The fourth-order valence-electron chi connectivity index (χ4n) is 0.0745. The first-order chi connectivity index (χ1) is 2.39. The van der Waals surface area contributed by atoms with E-state index in [0.29, 0.717) is 0 Å². The van der Waals surface area contributed by atoms with Crippen LogP contribution in [0, 0.1) is 0 Å². The van der Waals surface area contributed by atoms with Gasteiger partial charge in [-0.25, -0.2) is 0 Å². The molecule has 0 radical (unpaired) electrons. The molecule has 0 bridgehead atoms. The van der Waals surface area contributed by atoms with Crippen molar-refractivity contribution in [2.24, 2.45) is 0 Å². The second-order valence-corrected chi connectivity index (χ2v) is 2.90.